The van der Waals surface area contributed by atoms with Crippen LogP contribution in [0.2, 0.25) is 0 Å². The number of sulfonamides is 1. The highest BCUT2D eigenvalue weighted by Crippen LogP contribution is 2.28. The van der Waals surface area contributed by atoms with Crippen molar-refractivity contribution in [1.29, 1.82) is 5.26 Å². The number of aromatic amines is 1. The second-order valence-electron chi connectivity index (χ2n) is 5.12. The van der Waals surface area contributed by atoms with Crippen molar-refractivity contribution in [3.63, 3.8) is 0 Å². The Morgan fingerprint density at radius 2 is 1.80 bits per heavy atom. The van der Waals surface area contributed by atoms with E-state index in [0.29, 0.717) is 5.56 Å². The molecule has 0 atom stereocenters. The lowest BCUT2D eigenvalue weighted by Gasteiger charge is -2.08. The summed E-state index contributed by atoms with van der Waals surface area (Å²) in [6.45, 7) is 0. The van der Waals surface area contributed by atoms with E-state index in [1.807, 2.05) is 4.72 Å². The summed E-state index contributed by atoms with van der Waals surface area (Å²) in [5.41, 5.74) is 0.160. The zero-order chi connectivity index (χ0) is 18.0. The van der Waals surface area contributed by atoms with Gasteiger partial charge < -0.3 is 4.98 Å². The Kier molecular flexibility index (Phi) is 4.25. The lowest BCUT2D eigenvalue weighted by atomic mass is 10.1. The van der Waals surface area contributed by atoms with E-state index >= 15 is 0 Å². The molecule has 0 aliphatic rings. The lowest BCUT2D eigenvalue weighted by molar-refractivity contribution is 0.575. The quantitative estimate of drug-likeness (QED) is 0.746. The summed E-state index contributed by atoms with van der Waals surface area (Å²) in [6, 6.07) is 13.4. The number of hydrogen-bond donors (Lipinski definition) is 2. The minimum atomic E-state index is -4.35. The van der Waals surface area contributed by atoms with Gasteiger partial charge in [-0.05, 0) is 18.2 Å². The van der Waals surface area contributed by atoms with Crippen LogP contribution in [0, 0.1) is 23.0 Å². The van der Waals surface area contributed by atoms with Crippen molar-refractivity contribution in [1.82, 2.24) is 4.98 Å². The number of halogens is 2. The van der Waals surface area contributed by atoms with Crippen LogP contribution in [0.15, 0.2) is 59.6 Å². The normalized spacial score (nSPS) is 11.1. The van der Waals surface area contributed by atoms with Gasteiger partial charge in [-0.2, -0.15) is 5.26 Å². The summed E-state index contributed by atoms with van der Waals surface area (Å²) < 4.78 is 55.2. The Hall–Kier alpha value is -3.18. The zero-order valence-corrected chi connectivity index (χ0v) is 13.4. The van der Waals surface area contributed by atoms with Crippen molar-refractivity contribution in [3.8, 4) is 17.3 Å². The van der Waals surface area contributed by atoms with Crippen molar-refractivity contribution in [2.75, 3.05) is 4.72 Å². The van der Waals surface area contributed by atoms with Crippen LogP contribution in [0.3, 0.4) is 0 Å². The van der Waals surface area contributed by atoms with Gasteiger partial charge in [0, 0.05) is 11.8 Å². The minimum absolute atomic E-state index is 0.0151. The number of rotatable bonds is 4. The van der Waals surface area contributed by atoms with Crippen LogP contribution in [0.4, 0.5) is 14.5 Å². The predicted octanol–water partition coefficient (Wildman–Crippen LogP) is 3.63. The molecule has 126 valence electrons. The number of nitriles is 1. The number of anilines is 1. The van der Waals surface area contributed by atoms with Gasteiger partial charge >= 0.3 is 0 Å². The molecular formula is C17H11F2N3O2S. The second-order valence-corrected chi connectivity index (χ2v) is 6.77. The van der Waals surface area contributed by atoms with E-state index in [-0.39, 0.29) is 16.9 Å². The van der Waals surface area contributed by atoms with Crippen LogP contribution in [-0.2, 0) is 10.0 Å². The largest absolute Gasteiger partial charge is 0.357 e. The smallest absolute Gasteiger partial charge is 0.266 e. The SMILES string of the molecule is N#Cc1ccc(NS(=O)(=O)c2c[nH]c(-c3ccccc3)c2F)c(F)c1. The van der Waals surface area contributed by atoms with Gasteiger partial charge in [0.2, 0.25) is 0 Å². The Bertz CT molecular complexity index is 1070. The third-order valence-electron chi connectivity index (χ3n) is 3.48. The molecule has 0 spiro atoms. The van der Waals surface area contributed by atoms with Crippen molar-refractivity contribution in [2.45, 2.75) is 4.90 Å². The molecule has 2 aromatic carbocycles. The molecule has 0 aliphatic carbocycles. The van der Waals surface area contributed by atoms with Crippen LogP contribution in [-0.4, -0.2) is 13.4 Å². The number of benzene rings is 2. The first kappa shape index (κ1) is 16.7. The van der Waals surface area contributed by atoms with Gasteiger partial charge in [-0.1, -0.05) is 30.3 Å². The number of nitrogens with one attached hydrogen (secondary N) is 2. The first-order valence-corrected chi connectivity index (χ1v) is 8.55. The molecule has 5 nitrogen and oxygen atoms in total. The standard InChI is InChI=1S/C17H11F2N3O2S/c18-13-8-11(9-20)6-7-14(13)22-25(23,24)15-10-21-17(16(15)19)12-4-2-1-3-5-12/h1-8,10,21-22H. The number of nitrogens with zero attached hydrogens (tertiary/aromatic N) is 1. The molecule has 25 heavy (non-hydrogen) atoms. The highest BCUT2D eigenvalue weighted by Gasteiger charge is 2.25. The Morgan fingerprint density at radius 3 is 2.44 bits per heavy atom. The molecule has 3 aromatic rings. The average molecular weight is 359 g/mol. The molecule has 0 saturated heterocycles. The maximum Gasteiger partial charge on any atom is 0.266 e. The molecule has 0 bridgehead atoms. The number of hydrogen-bond acceptors (Lipinski definition) is 3. The second kappa shape index (κ2) is 6.37. The van der Waals surface area contributed by atoms with Gasteiger partial charge in [-0.25, -0.2) is 17.2 Å². The average Bonchev–Trinajstić information content (AvgIpc) is 3.00. The van der Waals surface area contributed by atoms with Crippen molar-refractivity contribution >= 4 is 15.7 Å². The molecule has 0 aliphatic heterocycles. The lowest BCUT2D eigenvalue weighted by Crippen LogP contribution is -2.14. The molecule has 8 heteroatoms. The van der Waals surface area contributed by atoms with Crippen molar-refractivity contribution in [2.24, 2.45) is 0 Å². The highest BCUT2D eigenvalue weighted by atomic mass is 32.2. The van der Waals surface area contributed by atoms with Gasteiger partial charge in [-0.15, -0.1) is 0 Å². The summed E-state index contributed by atoms with van der Waals surface area (Å²) in [7, 11) is -4.35. The van der Waals surface area contributed by atoms with Crippen molar-refractivity contribution in [3.05, 3.63) is 71.9 Å². The van der Waals surface area contributed by atoms with Gasteiger partial charge in [0.1, 0.15) is 10.7 Å². The van der Waals surface area contributed by atoms with E-state index in [1.165, 1.54) is 6.07 Å². The molecule has 0 saturated carbocycles. The summed E-state index contributed by atoms with van der Waals surface area (Å²) in [5.74, 6) is -1.89. The topological polar surface area (TPSA) is 85.8 Å². The molecule has 1 aromatic heterocycles. The van der Waals surface area contributed by atoms with Crippen LogP contribution in [0.5, 0.6) is 0 Å². The predicted molar refractivity (Wildman–Crippen MR) is 88.1 cm³/mol. The third-order valence-corrected chi connectivity index (χ3v) is 4.84. The molecule has 0 radical (unpaired) electrons. The maximum absolute atomic E-state index is 14.5. The Labute approximate surface area is 142 Å². The summed E-state index contributed by atoms with van der Waals surface area (Å²) >= 11 is 0. The van der Waals surface area contributed by atoms with E-state index in [4.69, 9.17) is 5.26 Å². The van der Waals surface area contributed by atoms with Gasteiger partial charge in [0.25, 0.3) is 10.0 Å². The Balaban J connectivity index is 1.97. The zero-order valence-electron chi connectivity index (χ0n) is 12.6. The summed E-state index contributed by atoms with van der Waals surface area (Å²) in [6.07, 6.45) is 1.00. The molecule has 3 rings (SSSR count). The monoisotopic (exact) mass is 359 g/mol. The maximum atomic E-state index is 14.5. The first-order chi connectivity index (χ1) is 11.9. The minimum Gasteiger partial charge on any atom is -0.357 e. The molecule has 1 heterocycles. The first-order valence-electron chi connectivity index (χ1n) is 7.07. The van der Waals surface area contributed by atoms with E-state index in [9.17, 15) is 17.2 Å². The number of H-pyrrole nitrogens is 1. The van der Waals surface area contributed by atoms with Gasteiger partial charge in [0.05, 0.1) is 23.0 Å². The molecule has 2 N–H and O–H groups in total. The summed E-state index contributed by atoms with van der Waals surface area (Å²) in [5, 5.41) is 8.70. The van der Waals surface area contributed by atoms with Gasteiger partial charge in [0.15, 0.2) is 5.82 Å². The fourth-order valence-corrected chi connectivity index (χ4v) is 3.38. The fourth-order valence-electron chi connectivity index (χ4n) is 2.27. The fraction of sp³-hybridized carbons (Fsp3) is 0. The number of aromatic nitrogens is 1. The van der Waals surface area contributed by atoms with E-state index in [1.54, 1.807) is 36.4 Å². The third kappa shape index (κ3) is 3.22. The van der Waals surface area contributed by atoms with Crippen LogP contribution in [0.1, 0.15) is 5.56 Å². The van der Waals surface area contributed by atoms with E-state index < -0.39 is 26.6 Å². The Morgan fingerprint density at radius 1 is 1.08 bits per heavy atom. The molecule has 0 unspecified atom stereocenters. The van der Waals surface area contributed by atoms with Crippen LogP contribution < -0.4 is 4.72 Å². The van der Waals surface area contributed by atoms with E-state index in [0.717, 1.165) is 18.3 Å². The molecular weight excluding hydrogens is 348 g/mol. The van der Waals surface area contributed by atoms with E-state index in [2.05, 4.69) is 4.98 Å². The highest BCUT2D eigenvalue weighted by molar-refractivity contribution is 7.92. The summed E-state index contributed by atoms with van der Waals surface area (Å²) in [4.78, 5) is 1.95. The molecule has 0 amide bonds. The molecule has 0 fully saturated rings. The van der Waals surface area contributed by atoms with Crippen LogP contribution in [0.25, 0.3) is 11.3 Å². The van der Waals surface area contributed by atoms with Crippen LogP contribution >= 0.6 is 0 Å². The van der Waals surface area contributed by atoms with Gasteiger partial charge in [-0.3, -0.25) is 4.72 Å². The van der Waals surface area contributed by atoms with Crippen molar-refractivity contribution < 1.29 is 17.2 Å².